The molecule has 0 saturated carbocycles. The van der Waals surface area contributed by atoms with Gasteiger partial charge in [0.1, 0.15) is 7.05 Å². The predicted molar refractivity (Wildman–Crippen MR) is 135 cm³/mol. The van der Waals surface area contributed by atoms with Crippen LogP contribution < -0.4 is 0 Å². The summed E-state index contributed by atoms with van der Waals surface area (Å²) in [7, 11) is 3.57. The molecule has 3 aromatic carbocycles. The SMILES string of the molecule is CCOC1/C(=C2\c3ccccc3-c3ccc(C(=O)OC)cc32)C(c2ccccc2)=[N+](C)C1(C)C. The van der Waals surface area contributed by atoms with Crippen molar-refractivity contribution in [3.63, 3.8) is 0 Å². The summed E-state index contributed by atoms with van der Waals surface area (Å²) in [5, 5.41) is 0. The first-order valence-electron chi connectivity index (χ1n) is 11.7. The van der Waals surface area contributed by atoms with Crippen molar-refractivity contribution >= 4 is 17.3 Å². The first-order valence-corrected chi connectivity index (χ1v) is 11.7. The van der Waals surface area contributed by atoms with Gasteiger partial charge in [-0.2, -0.15) is 0 Å². The zero-order valence-electron chi connectivity index (χ0n) is 20.4. The van der Waals surface area contributed by atoms with Gasteiger partial charge in [0.05, 0.1) is 18.2 Å². The molecule has 4 heteroatoms. The van der Waals surface area contributed by atoms with Gasteiger partial charge in [-0.05, 0) is 53.4 Å². The lowest BCUT2D eigenvalue weighted by Gasteiger charge is -2.24. The van der Waals surface area contributed by atoms with Gasteiger partial charge in [-0.15, -0.1) is 0 Å². The van der Waals surface area contributed by atoms with Crippen LogP contribution in [-0.4, -0.2) is 48.7 Å². The van der Waals surface area contributed by atoms with E-state index in [9.17, 15) is 4.79 Å². The van der Waals surface area contributed by atoms with Gasteiger partial charge in [-0.3, -0.25) is 0 Å². The molecule has 5 rings (SSSR count). The van der Waals surface area contributed by atoms with E-state index in [0.717, 1.165) is 33.5 Å². The number of methoxy groups -OCH3 is 1. The molecule has 0 N–H and O–H groups in total. The maximum atomic E-state index is 12.4. The van der Waals surface area contributed by atoms with Gasteiger partial charge in [0.15, 0.2) is 11.6 Å². The molecule has 0 saturated heterocycles. The Kier molecular flexibility index (Phi) is 5.49. The Morgan fingerprint density at radius 1 is 0.912 bits per heavy atom. The van der Waals surface area contributed by atoms with Crippen LogP contribution in [0.4, 0.5) is 0 Å². The van der Waals surface area contributed by atoms with Crippen LogP contribution in [0.1, 0.15) is 47.8 Å². The molecule has 1 aliphatic carbocycles. The second kappa shape index (κ2) is 8.37. The van der Waals surface area contributed by atoms with Gasteiger partial charge >= 0.3 is 5.97 Å². The van der Waals surface area contributed by atoms with Crippen molar-refractivity contribution in [2.24, 2.45) is 0 Å². The third-order valence-corrected chi connectivity index (χ3v) is 7.21. The van der Waals surface area contributed by atoms with Gasteiger partial charge in [0.25, 0.3) is 0 Å². The number of hydrogen-bond donors (Lipinski definition) is 0. The number of ether oxygens (including phenoxy) is 2. The lowest BCUT2D eigenvalue weighted by atomic mass is 9.85. The number of esters is 1. The van der Waals surface area contributed by atoms with Gasteiger partial charge < -0.3 is 9.47 Å². The average molecular weight is 453 g/mol. The van der Waals surface area contributed by atoms with Crippen LogP contribution in [0.15, 0.2) is 78.4 Å². The Morgan fingerprint density at radius 3 is 2.24 bits per heavy atom. The summed E-state index contributed by atoms with van der Waals surface area (Å²) in [5.74, 6) is -0.333. The summed E-state index contributed by atoms with van der Waals surface area (Å²) in [6.07, 6.45) is -0.145. The number of fused-ring (bicyclic) bond motifs is 3. The minimum Gasteiger partial charge on any atom is -0.465 e. The summed E-state index contributed by atoms with van der Waals surface area (Å²) in [6, 6.07) is 24.8. The number of carbonyl (C=O) groups excluding carboxylic acids is 1. The number of hydrogen-bond acceptors (Lipinski definition) is 3. The molecular formula is C30H30NO3+. The molecule has 2 aliphatic rings. The Hall–Kier alpha value is -3.50. The number of likely N-dealkylation sites (N-methyl/N-ethyl adjacent to an activating group) is 1. The zero-order valence-corrected chi connectivity index (χ0v) is 20.4. The fourth-order valence-corrected chi connectivity index (χ4v) is 5.37. The average Bonchev–Trinajstić information content (AvgIpc) is 3.28. The minimum absolute atomic E-state index is 0.145. The monoisotopic (exact) mass is 452 g/mol. The summed E-state index contributed by atoms with van der Waals surface area (Å²) in [6.45, 7) is 7.12. The van der Waals surface area contributed by atoms with Crippen LogP contribution in [0.5, 0.6) is 0 Å². The second-order valence-electron chi connectivity index (χ2n) is 9.35. The van der Waals surface area contributed by atoms with Crippen LogP contribution in [0.25, 0.3) is 16.7 Å². The molecule has 0 fully saturated rings. The van der Waals surface area contributed by atoms with E-state index in [1.165, 1.54) is 18.2 Å². The van der Waals surface area contributed by atoms with E-state index in [1.54, 1.807) is 0 Å². The highest BCUT2D eigenvalue weighted by atomic mass is 16.5. The van der Waals surface area contributed by atoms with E-state index < -0.39 is 0 Å². The van der Waals surface area contributed by atoms with Crippen LogP contribution in [-0.2, 0) is 9.47 Å². The maximum absolute atomic E-state index is 12.4. The molecule has 4 nitrogen and oxygen atoms in total. The zero-order chi connectivity index (χ0) is 24.0. The van der Waals surface area contributed by atoms with Crippen molar-refractivity contribution in [2.45, 2.75) is 32.4 Å². The predicted octanol–water partition coefficient (Wildman–Crippen LogP) is 5.58. The van der Waals surface area contributed by atoms with E-state index in [0.29, 0.717) is 12.2 Å². The molecule has 1 aliphatic heterocycles. The van der Waals surface area contributed by atoms with Crippen LogP contribution in [0.2, 0.25) is 0 Å². The van der Waals surface area contributed by atoms with Crippen LogP contribution in [0.3, 0.4) is 0 Å². The summed E-state index contributed by atoms with van der Waals surface area (Å²) in [5.41, 5.74) is 9.39. The van der Waals surface area contributed by atoms with Crippen molar-refractivity contribution < 1.29 is 18.8 Å². The quantitative estimate of drug-likeness (QED) is 0.300. The lowest BCUT2D eigenvalue weighted by molar-refractivity contribution is -0.575. The molecule has 172 valence electrons. The molecule has 34 heavy (non-hydrogen) atoms. The van der Waals surface area contributed by atoms with Crippen molar-refractivity contribution in [3.05, 3.63) is 101 Å². The number of benzene rings is 3. The van der Waals surface area contributed by atoms with Crippen molar-refractivity contribution in [1.82, 2.24) is 0 Å². The summed E-state index contributed by atoms with van der Waals surface area (Å²) >= 11 is 0. The molecule has 1 unspecified atom stereocenters. The van der Waals surface area contributed by atoms with E-state index >= 15 is 0 Å². The smallest absolute Gasteiger partial charge is 0.337 e. The van der Waals surface area contributed by atoms with Crippen molar-refractivity contribution in [3.8, 4) is 11.1 Å². The Balaban J connectivity index is 1.90. The number of carbonyl (C=O) groups is 1. The van der Waals surface area contributed by atoms with Crippen LogP contribution >= 0.6 is 0 Å². The fraction of sp³-hybridized carbons (Fsp3) is 0.267. The van der Waals surface area contributed by atoms with Gasteiger partial charge in [0.2, 0.25) is 5.71 Å². The van der Waals surface area contributed by atoms with Crippen LogP contribution in [0, 0.1) is 0 Å². The normalized spacial score (nSPS) is 20.3. The van der Waals surface area contributed by atoms with E-state index in [4.69, 9.17) is 9.47 Å². The highest BCUT2D eigenvalue weighted by molar-refractivity contribution is 6.20. The summed E-state index contributed by atoms with van der Waals surface area (Å²) in [4.78, 5) is 12.4. The lowest BCUT2D eigenvalue weighted by Crippen LogP contribution is -2.42. The van der Waals surface area contributed by atoms with Crippen molar-refractivity contribution in [1.29, 1.82) is 0 Å². The molecule has 3 aromatic rings. The van der Waals surface area contributed by atoms with E-state index in [2.05, 4.69) is 74.0 Å². The molecule has 0 radical (unpaired) electrons. The summed E-state index contributed by atoms with van der Waals surface area (Å²) < 4.78 is 13.9. The van der Waals surface area contributed by atoms with Gasteiger partial charge in [-0.1, -0.05) is 48.5 Å². The topological polar surface area (TPSA) is 38.5 Å². The molecule has 1 heterocycles. The molecule has 0 amide bonds. The van der Waals surface area contributed by atoms with Crippen molar-refractivity contribution in [2.75, 3.05) is 20.8 Å². The Bertz CT molecular complexity index is 1350. The third-order valence-electron chi connectivity index (χ3n) is 7.21. The molecule has 0 spiro atoms. The number of nitrogens with zero attached hydrogens (tertiary/aromatic N) is 1. The Morgan fingerprint density at radius 2 is 1.56 bits per heavy atom. The molecule has 0 aromatic heterocycles. The largest absolute Gasteiger partial charge is 0.465 e. The minimum atomic E-state index is -0.333. The fourth-order valence-electron chi connectivity index (χ4n) is 5.37. The maximum Gasteiger partial charge on any atom is 0.337 e. The third kappa shape index (κ3) is 3.24. The first kappa shape index (κ1) is 22.3. The van der Waals surface area contributed by atoms with Gasteiger partial charge in [-0.25, -0.2) is 9.37 Å². The molecule has 1 atom stereocenters. The number of rotatable bonds is 4. The van der Waals surface area contributed by atoms with E-state index in [1.807, 2.05) is 31.2 Å². The Labute approximate surface area is 201 Å². The molecular weight excluding hydrogens is 422 g/mol. The first-order chi connectivity index (χ1) is 16.4. The standard InChI is InChI=1S/C30H30NO3/c1-6-34-28-26(27(31(4)30(28,2)3)19-12-8-7-9-13-19)25-23-15-11-10-14-21(23)22-17-16-20(18-24(22)25)29(32)33-5/h7-18,28H,6H2,1-5H3/q+1/b26-25+. The molecule has 0 bridgehead atoms. The highest BCUT2D eigenvalue weighted by Gasteiger charge is 2.53. The highest BCUT2D eigenvalue weighted by Crippen LogP contribution is 2.49. The van der Waals surface area contributed by atoms with E-state index in [-0.39, 0.29) is 17.6 Å². The second-order valence-corrected chi connectivity index (χ2v) is 9.35. The van der Waals surface area contributed by atoms with Gasteiger partial charge in [0, 0.05) is 31.6 Å².